The lowest BCUT2D eigenvalue weighted by Gasteiger charge is -2.16. The van der Waals surface area contributed by atoms with Gasteiger partial charge in [-0.1, -0.05) is 30.3 Å². The molecule has 1 heterocycles. The summed E-state index contributed by atoms with van der Waals surface area (Å²) in [6.07, 6.45) is 0. The number of halogens is 1. The molecule has 138 valence electrons. The quantitative estimate of drug-likeness (QED) is 0.209. The van der Waals surface area contributed by atoms with Crippen LogP contribution in [0.5, 0.6) is 0 Å². The molecule has 2 N–H and O–H groups in total. The summed E-state index contributed by atoms with van der Waals surface area (Å²) in [5.74, 6) is 3.02. The Kier molecular flexibility index (Phi) is 9.96. The van der Waals surface area contributed by atoms with E-state index in [9.17, 15) is 0 Å². The standard InChI is InChI=1S/C18H26N4OS.HI/c1-13(17-14(2)22-23-15(17)3)12-21-18(19-4)20-10-11-24-16-8-6-5-7-9-16;/h5-9,13H,10-12H2,1-4H3,(H2,19,20,21);1H. The Hall–Kier alpha value is -1.22. The van der Waals surface area contributed by atoms with Crippen molar-refractivity contribution in [1.82, 2.24) is 15.8 Å². The normalized spacial score (nSPS) is 12.4. The van der Waals surface area contributed by atoms with Gasteiger partial charge in [-0.3, -0.25) is 4.99 Å². The fraction of sp³-hybridized carbons (Fsp3) is 0.444. The van der Waals surface area contributed by atoms with Crippen LogP contribution in [0.4, 0.5) is 0 Å². The third-order valence-electron chi connectivity index (χ3n) is 3.79. The highest BCUT2D eigenvalue weighted by Gasteiger charge is 2.16. The van der Waals surface area contributed by atoms with Crippen molar-refractivity contribution < 1.29 is 4.52 Å². The molecule has 0 bridgehead atoms. The number of nitrogens with one attached hydrogen (secondary N) is 2. The second-order valence-corrected chi connectivity index (χ2v) is 6.85. The number of nitrogens with zero attached hydrogens (tertiary/aromatic N) is 2. The molecular formula is C18H27IN4OS. The highest BCUT2D eigenvalue weighted by Crippen LogP contribution is 2.22. The highest BCUT2D eigenvalue weighted by molar-refractivity contribution is 14.0. The van der Waals surface area contributed by atoms with Gasteiger partial charge < -0.3 is 15.2 Å². The maximum atomic E-state index is 5.24. The average Bonchev–Trinajstić information content (AvgIpc) is 2.93. The van der Waals surface area contributed by atoms with Crippen LogP contribution in [0.15, 0.2) is 44.7 Å². The number of rotatable bonds is 7. The molecule has 0 aliphatic carbocycles. The first-order valence-corrected chi connectivity index (χ1v) is 9.15. The zero-order valence-electron chi connectivity index (χ0n) is 15.2. The molecule has 7 heteroatoms. The maximum Gasteiger partial charge on any atom is 0.191 e. The highest BCUT2D eigenvalue weighted by atomic mass is 127. The predicted molar refractivity (Wildman–Crippen MR) is 116 cm³/mol. The van der Waals surface area contributed by atoms with E-state index in [1.54, 1.807) is 7.05 Å². The monoisotopic (exact) mass is 474 g/mol. The Morgan fingerprint density at radius 1 is 1.24 bits per heavy atom. The van der Waals surface area contributed by atoms with Gasteiger partial charge in [0.25, 0.3) is 0 Å². The van der Waals surface area contributed by atoms with E-state index in [1.807, 2.05) is 31.7 Å². The van der Waals surface area contributed by atoms with E-state index in [2.05, 4.69) is 52.0 Å². The first-order valence-electron chi connectivity index (χ1n) is 8.17. The largest absolute Gasteiger partial charge is 0.361 e. The van der Waals surface area contributed by atoms with Gasteiger partial charge in [-0.25, -0.2) is 0 Å². The SMILES string of the molecule is CN=C(NCCSc1ccccc1)NCC(C)c1c(C)noc1C.I. The van der Waals surface area contributed by atoms with Gasteiger partial charge in [0.15, 0.2) is 5.96 Å². The van der Waals surface area contributed by atoms with Crippen molar-refractivity contribution in [2.24, 2.45) is 4.99 Å². The topological polar surface area (TPSA) is 62.5 Å². The molecule has 5 nitrogen and oxygen atoms in total. The summed E-state index contributed by atoms with van der Waals surface area (Å²) in [5, 5.41) is 10.7. The molecule has 0 saturated heterocycles. The smallest absolute Gasteiger partial charge is 0.191 e. The van der Waals surface area contributed by atoms with E-state index in [1.165, 1.54) is 10.5 Å². The van der Waals surface area contributed by atoms with Crippen molar-refractivity contribution in [3.8, 4) is 0 Å². The molecule has 0 radical (unpaired) electrons. The number of hydrogen-bond donors (Lipinski definition) is 2. The van der Waals surface area contributed by atoms with Crippen LogP contribution >= 0.6 is 35.7 Å². The van der Waals surface area contributed by atoms with Crippen molar-refractivity contribution in [3.05, 3.63) is 47.3 Å². The van der Waals surface area contributed by atoms with Crippen molar-refractivity contribution in [2.45, 2.75) is 31.6 Å². The molecule has 0 amide bonds. The van der Waals surface area contributed by atoms with E-state index in [4.69, 9.17) is 4.52 Å². The molecule has 0 aliphatic rings. The molecule has 0 fully saturated rings. The minimum absolute atomic E-state index is 0. The zero-order valence-corrected chi connectivity index (χ0v) is 18.4. The average molecular weight is 474 g/mol. The third-order valence-corrected chi connectivity index (χ3v) is 4.80. The van der Waals surface area contributed by atoms with Crippen molar-refractivity contribution >= 4 is 41.7 Å². The molecule has 2 rings (SSSR count). The summed E-state index contributed by atoms with van der Waals surface area (Å²) in [7, 11) is 1.79. The minimum atomic E-state index is 0. The van der Waals surface area contributed by atoms with Crippen LogP contribution in [-0.2, 0) is 0 Å². The van der Waals surface area contributed by atoms with Crippen LogP contribution in [0.1, 0.15) is 29.9 Å². The van der Waals surface area contributed by atoms with E-state index < -0.39 is 0 Å². The molecule has 0 spiro atoms. The lowest BCUT2D eigenvalue weighted by Crippen LogP contribution is -2.40. The summed E-state index contributed by atoms with van der Waals surface area (Å²) in [6.45, 7) is 7.75. The summed E-state index contributed by atoms with van der Waals surface area (Å²) >= 11 is 1.83. The minimum Gasteiger partial charge on any atom is -0.361 e. The van der Waals surface area contributed by atoms with Crippen LogP contribution in [0.3, 0.4) is 0 Å². The van der Waals surface area contributed by atoms with Crippen LogP contribution in [0.25, 0.3) is 0 Å². The van der Waals surface area contributed by atoms with Crippen LogP contribution in [0, 0.1) is 13.8 Å². The first kappa shape index (κ1) is 21.8. The molecule has 1 unspecified atom stereocenters. The van der Waals surface area contributed by atoms with Gasteiger partial charge in [0.2, 0.25) is 0 Å². The Bertz CT molecular complexity index is 641. The summed E-state index contributed by atoms with van der Waals surface area (Å²) in [4.78, 5) is 5.56. The molecule has 0 saturated carbocycles. The van der Waals surface area contributed by atoms with Crippen LogP contribution in [-0.4, -0.2) is 37.0 Å². The van der Waals surface area contributed by atoms with E-state index in [0.717, 1.165) is 36.3 Å². The molecular weight excluding hydrogens is 447 g/mol. The number of aliphatic imine (C=N–C) groups is 1. The predicted octanol–water partition coefficient (Wildman–Crippen LogP) is 3.97. The van der Waals surface area contributed by atoms with Crippen molar-refractivity contribution in [2.75, 3.05) is 25.9 Å². The van der Waals surface area contributed by atoms with Crippen molar-refractivity contribution in [1.29, 1.82) is 0 Å². The van der Waals surface area contributed by atoms with Gasteiger partial charge in [0, 0.05) is 42.3 Å². The fourth-order valence-corrected chi connectivity index (χ4v) is 3.41. The summed E-state index contributed by atoms with van der Waals surface area (Å²) in [5.41, 5.74) is 2.14. The van der Waals surface area contributed by atoms with E-state index in [-0.39, 0.29) is 24.0 Å². The number of thioether (sulfide) groups is 1. The molecule has 0 aliphatic heterocycles. The van der Waals surface area contributed by atoms with Gasteiger partial charge in [-0.2, -0.15) is 0 Å². The first-order chi connectivity index (χ1) is 11.6. The summed E-state index contributed by atoms with van der Waals surface area (Å²) in [6, 6.07) is 10.4. The molecule has 1 aromatic carbocycles. The summed E-state index contributed by atoms with van der Waals surface area (Å²) < 4.78 is 5.24. The second-order valence-electron chi connectivity index (χ2n) is 5.68. The van der Waals surface area contributed by atoms with Gasteiger partial charge in [0.05, 0.1) is 5.69 Å². The fourth-order valence-electron chi connectivity index (χ4n) is 2.62. The number of hydrogen-bond acceptors (Lipinski definition) is 4. The Balaban J connectivity index is 0.00000312. The lowest BCUT2D eigenvalue weighted by atomic mass is 10.00. The molecule has 1 aromatic heterocycles. The Morgan fingerprint density at radius 3 is 2.56 bits per heavy atom. The van der Waals surface area contributed by atoms with E-state index in [0.29, 0.717) is 5.92 Å². The van der Waals surface area contributed by atoms with Gasteiger partial charge in [0.1, 0.15) is 5.76 Å². The second kappa shape index (κ2) is 11.4. The number of aryl methyl sites for hydroxylation is 2. The van der Waals surface area contributed by atoms with Gasteiger partial charge >= 0.3 is 0 Å². The molecule has 2 aromatic rings. The van der Waals surface area contributed by atoms with Crippen LogP contribution in [0.2, 0.25) is 0 Å². The molecule has 25 heavy (non-hydrogen) atoms. The Labute approximate surface area is 171 Å². The van der Waals surface area contributed by atoms with E-state index >= 15 is 0 Å². The zero-order chi connectivity index (χ0) is 17.4. The maximum absolute atomic E-state index is 5.24. The number of benzene rings is 1. The van der Waals surface area contributed by atoms with Gasteiger partial charge in [-0.05, 0) is 26.0 Å². The Morgan fingerprint density at radius 2 is 1.96 bits per heavy atom. The third kappa shape index (κ3) is 6.89. The number of aromatic nitrogens is 1. The van der Waals surface area contributed by atoms with Gasteiger partial charge in [-0.15, -0.1) is 35.7 Å². The lowest BCUT2D eigenvalue weighted by molar-refractivity contribution is 0.391. The number of guanidine groups is 1. The van der Waals surface area contributed by atoms with Crippen LogP contribution < -0.4 is 10.6 Å². The van der Waals surface area contributed by atoms with Crippen molar-refractivity contribution in [3.63, 3.8) is 0 Å². The molecule has 1 atom stereocenters.